The lowest BCUT2D eigenvalue weighted by Crippen LogP contribution is -1.99. The zero-order valence-electron chi connectivity index (χ0n) is 15.9. The highest BCUT2D eigenvalue weighted by atomic mass is 32.1. The number of hydrogen-bond acceptors (Lipinski definition) is 5. The summed E-state index contributed by atoms with van der Waals surface area (Å²) in [5, 5.41) is 6.82. The van der Waals surface area contributed by atoms with Crippen LogP contribution in [0.2, 0.25) is 0 Å². The van der Waals surface area contributed by atoms with Gasteiger partial charge in [0.25, 0.3) is 0 Å². The Balaban J connectivity index is 1.56. The minimum absolute atomic E-state index is 0.340. The van der Waals surface area contributed by atoms with Crippen LogP contribution in [0.5, 0.6) is 5.75 Å². The molecule has 146 valence electrons. The number of unbranched alkanes of at least 4 members (excludes halogenated alkanes) is 3. The number of hydrogen-bond donors (Lipinski definition) is 1. The molecular weight excluding hydrogens is 373 g/mol. The van der Waals surface area contributed by atoms with E-state index in [1.165, 1.54) is 36.3 Å². The third-order valence-corrected chi connectivity index (χ3v) is 4.85. The Morgan fingerprint density at radius 3 is 2.82 bits per heavy atom. The quantitative estimate of drug-likeness (QED) is 0.246. The Bertz CT molecular complexity index is 896. The molecule has 1 aromatic heterocycles. The van der Waals surface area contributed by atoms with Crippen molar-refractivity contribution in [2.45, 2.75) is 32.6 Å². The maximum atomic E-state index is 13.8. The van der Waals surface area contributed by atoms with E-state index in [4.69, 9.17) is 4.74 Å². The maximum absolute atomic E-state index is 13.8. The van der Waals surface area contributed by atoms with Gasteiger partial charge in [0.1, 0.15) is 11.6 Å². The van der Waals surface area contributed by atoms with Crippen LogP contribution in [0.3, 0.4) is 0 Å². The van der Waals surface area contributed by atoms with Crippen molar-refractivity contribution in [1.29, 1.82) is 0 Å². The lowest BCUT2D eigenvalue weighted by Gasteiger charge is -2.07. The van der Waals surface area contributed by atoms with Crippen molar-refractivity contribution >= 4 is 22.7 Å². The number of anilines is 1. The molecule has 6 heteroatoms. The summed E-state index contributed by atoms with van der Waals surface area (Å²) in [4.78, 5) is 4.51. The van der Waals surface area contributed by atoms with E-state index in [0.717, 1.165) is 24.1 Å². The third-order valence-electron chi connectivity index (χ3n) is 4.11. The molecule has 3 aromatic rings. The summed E-state index contributed by atoms with van der Waals surface area (Å²) < 4.78 is 19.5. The number of thiazole rings is 1. The minimum atomic E-state index is -0.340. The van der Waals surface area contributed by atoms with Crippen LogP contribution in [0.4, 0.5) is 9.52 Å². The van der Waals surface area contributed by atoms with Gasteiger partial charge < -0.3 is 4.74 Å². The number of nitrogens with zero attached hydrogens (tertiary/aromatic N) is 2. The first-order chi connectivity index (χ1) is 13.7. The Labute approximate surface area is 169 Å². The van der Waals surface area contributed by atoms with Crippen LogP contribution in [0, 0.1) is 5.82 Å². The van der Waals surface area contributed by atoms with Crippen LogP contribution in [-0.2, 0) is 0 Å². The summed E-state index contributed by atoms with van der Waals surface area (Å²) in [5.74, 6) is 0.187. The van der Waals surface area contributed by atoms with Crippen LogP contribution < -0.4 is 10.2 Å². The van der Waals surface area contributed by atoms with Gasteiger partial charge in [-0.05, 0) is 18.6 Å². The average molecular weight is 398 g/mol. The predicted octanol–water partition coefficient (Wildman–Crippen LogP) is 6.35. The zero-order valence-corrected chi connectivity index (χ0v) is 16.7. The number of aromatic nitrogens is 1. The van der Waals surface area contributed by atoms with Crippen molar-refractivity contribution < 1.29 is 9.13 Å². The van der Waals surface area contributed by atoms with Crippen molar-refractivity contribution in [2.75, 3.05) is 12.0 Å². The standard InChI is InChI=1S/C22H24FN3OS/c1-2-3-4-8-11-27-20-13-17(12-19(23)14-20)15-24-26-22-25-21(16-28-22)18-9-6-5-7-10-18/h5-7,9-10,12-16H,2-4,8,11H2,1H3,(H,25,26). The fourth-order valence-electron chi connectivity index (χ4n) is 2.69. The topological polar surface area (TPSA) is 46.5 Å². The molecule has 0 aliphatic heterocycles. The summed E-state index contributed by atoms with van der Waals surface area (Å²) in [6.07, 6.45) is 6.04. The Hall–Kier alpha value is -2.73. The van der Waals surface area contributed by atoms with Gasteiger partial charge in [-0.1, -0.05) is 56.5 Å². The predicted molar refractivity (Wildman–Crippen MR) is 115 cm³/mol. The first kappa shape index (κ1) is 20.0. The molecule has 28 heavy (non-hydrogen) atoms. The normalized spacial score (nSPS) is 11.1. The molecule has 3 rings (SSSR count). The van der Waals surface area contributed by atoms with Gasteiger partial charge in [-0.15, -0.1) is 11.3 Å². The fraction of sp³-hybridized carbons (Fsp3) is 0.273. The molecule has 1 N–H and O–H groups in total. The number of ether oxygens (including phenoxy) is 1. The van der Waals surface area contributed by atoms with E-state index in [9.17, 15) is 4.39 Å². The zero-order chi connectivity index (χ0) is 19.6. The van der Waals surface area contributed by atoms with E-state index < -0.39 is 0 Å². The molecule has 0 radical (unpaired) electrons. The van der Waals surface area contributed by atoms with Gasteiger partial charge in [0.05, 0.1) is 18.5 Å². The monoisotopic (exact) mass is 397 g/mol. The Kier molecular flexibility index (Phi) is 7.55. The second kappa shape index (κ2) is 10.6. The van der Waals surface area contributed by atoms with Gasteiger partial charge in [0, 0.05) is 22.6 Å². The summed E-state index contributed by atoms with van der Waals surface area (Å²) in [7, 11) is 0. The molecule has 2 aromatic carbocycles. The van der Waals surface area contributed by atoms with E-state index in [-0.39, 0.29) is 5.82 Å². The number of rotatable bonds is 10. The third kappa shape index (κ3) is 6.16. The molecule has 0 bridgehead atoms. The van der Waals surface area contributed by atoms with Crippen molar-refractivity contribution in [3.05, 3.63) is 65.3 Å². The SMILES string of the molecule is CCCCCCOc1cc(F)cc(C=NNc2nc(-c3ccccc3)cs2)c1. The summed E-state index contributed by atoms with van der Waals surface area (Å²) >= 11 is 1.47. The molecule has 0 fully saturated rings. The second-order valence-corrected chi connectivity index (χ2v) is 7.26. The molecule has 0 unspecified atom stereocenters. The Morgan fingerprint density at radius 1 is 1.14 bits per heavy atom. The van der Waals surface area contributed by atoms with Gasteiger partial charge in [-0.3, -0.25) is 5.43 Å². The largest absolute Gasteiger partial charge is 0.493 e. The van der Waals surface area contributed by atoms with Gasteiger partial charge in [0.2, 0.25) is 5.13 Å². The molecule has 0 atom stereocenters. The van der Waals surface area contributed by atoms with Crippen molar-refractivity contribution in [3.63, 3.8) is 0 Å². The molecule has 0 saturated heterocycles. The number of benzene rings is 2. The van der Waals surface area contributed by atoms with Crippen molar-refractivity contribution in [2.24, 2.45) is 5.10 Å². The molecule has 0 amide bonds. The second-order valence-electron chi connectivity index (χ2n) is 6.40. The van der Waals surface area contributed by atoms with Crippen LogP contribution in [0.1, 0.15) is 38.2 Å². The molecular formula is C22H24FN3OS. The molecule has 0 spiro atoms. The van der Waals surface area contributed by atoms with Gasteiger partial charge in [-0.2, -0.15) is 5.10 Å². The first-order valence-electron chi connectivity index (χ1n) is 9.48. The van der Waals surface area contributed by atoms with Crippen LogP contribution in [0.25, 0.3) is 11.3 Å². The average Bonchev–Trinajstić information content (AvgIpc) is 3.17. The smallest absolute Gasteiger partial charge is 0.203 e. The fourth-order valence-corrected chi connectivity index (χ4v) is 3.36. The highest BCUT2D eigenvalue weighted by Crippen LogP contribution is 2.24. The highest BCUT2D eigenvalue weighted by molar-refractivity contribution is 7.14. The first-order valence-corrected chi connectivity index (χ1v) is 10.4. The van der Waals surface area contributed by atoms with Crippen molar-refractivity contribution in [1.82, 2.24) is 4.98 Å². The van der Waals surface area contributed by atoms with Crippen LogP contribution >= 0.6 is 11.3 Å². The molecule has 1 heterocycles. The molecule has 4 nitrogen and oxygen atoms in total. The van der Waals surface area contributed by atoms with Crippen LogP contribution in [0.15, 0.2) is 59.0 Å². The Morgan fingerprint density at radius 2 is 2.00 bits per heavy atom. The van der Waals surface area contributed by atoms with Gasteiger partial charge >= 0.3 is 0 Å². The highest BCUT2D eigenvalue weighted by Gasteiger charge is 2.04. The van der Waals surface area contributed by atoms with Gasteiger partial charge in [0.15, 0.2) is 0 Å². The van der Waals surface area contributed by atoms with E-state index in [1.807, 2.05) is 35.7 Å². The number of hydrazone groups is 1. The van der Waals surface area contributed by atoms with Crippen LogP contribution in [-0.4, -0.2) is 17.8 Å². The van der Waals surface area contributed by atoms with E-state index in [2.05, 4.69) is 22.4 Å². The van der Waals surface area contributed by atoms with E-state index >= 15 is 0 Å². The minimum Gasteiger partial charge on any atom is -0.493 e. The van der Waals surface area contributed by atoms with Gasteiger partial charge in [-0.25, -0.2) is 9.37 Å². The number of nitrogens with one attached hydrogen (secondary N) is 1. The maximum Gasteiger partial charge on any atom is 0.203 e. The molecule has 0 saturated carbocycles. The summed E-state index contributed by atoms with van der Waals surface area (Å²) in [5.41, 5.74) is 5.49. The van der Waals surface area contributed by atoms with E-state index in [0.29, 0.717) is 23.1 Å². The lowest BCUT2D eigenvalue weighted by atomic mass is 10.2. The lowest BCUT2D eigenvalue weighted by molar-refractivity contribution is 0.303. The molecule has 0 aliphatic carbocycles. The number of halogens is 1. The van der Waals surface area contributed by atoms with E-state index in [1.54, 1.807) is 12.3 Å². The van der Waals surface area contributed by atoms with Crippen molar-refractivity contribution in [3.8, 4) is 17.0 Å². The summed E-state index contributed by atoms with van der Waals surface area (Å²) in [6.45, 7) is 2.76. The molecule has 0 aliphatic rings. The summed E-state index contributed by atoms with van der Waals surface area (Å²) in [6, 6.07) is 14.6.